The zero-order chi connectivity index (χ0) is 16.4. The van der Waals surface area contributed by atoms with Gasteiger partial charge in [-0.1, -0.05) is 42.5 Å². The summed E-state index contributed by atoms with van der Waals surface area (Å²) in [6.07, 6.45) is -1.08. The van der Waals surface area contributed by atoms with Gasteiger partial charge in [0.2, 0.25) is 0 Å². The molecule has 0 aliphatic rings. The fourth-order valence-corrected chi connectivity index (χ4v) is 2.86. The first kappa shape index (κ1) is 15.6. The van der Waals surface area contributed by atoms with E-state index in [4.69, 9.17) is 5.73 Å². The monoisotopic (exact) mass is 313 g/mol. The molecule has 2 nitrogen and oxygen atoms in total. The summed E-state index contributed by atoms with van der Waals surface area (Å²) >= 11 is 0. The van der Waals surface area contributed by atoms with Crippen LogP contribution in [0.25, 0.3) is 10.8 Å². The zero-order valence-corrected chi connectivity index (χ0v) is 12.4. The van der Waals surface area contributed by atoms with Gasteiger partial charge in [-0.25, -0.2) is 8.78 Å². The standard InChI is InChI=1S/C19H17F2NO/c20-16-8-15(9-17(21)10-16)19(23)18(11-22)14-6-5-12-3-1-2-4-13(12)7-14/h1-10,18-19,23H,11,22H2. The molecule has 118 valence electrons. The summed E-state index contributed by atoms with van der Waals surface area (Å²) < 4.78 is 26.8. The maximum absolute atomic E-state index is 13.4. The Kier molecular flexibility index (Phi) is 4.37. The average molecular weight is 313 g/mol. The highest BCUT2D eigenvalue weighted by Gasteiger charge is 2.23. The third-order valence-corrected chi connectivity index (χ3v) is 4.06. The molecule has 0 spiro atoms. The summed E-state index contributed by atoms with van der Waals surface area (Å²) in [4.78, 5) is 0. The molecule has 0 amide bonds. The highest BCUT2D eigenvalue weighted by molar-refractivity contribution is 5.83. The van der Waals surface area contributed by atoms with Crippen molar-refractivity contribution in [3.05, 3.63) is 83.4 Å². The first-order valence-corrected chi connectivity index (χ1v) is 7.41. The number of hydrogen-bond acceptors (Lipinski definition) is 2. The van der Waals surface area contributed by atoms with E-state index in [-0.39, 0.29) is 12.1 Å². The van der Waals surface area contributed by atoms with Crippen LogP contribution in [0, 0.1) is 11.6 Å². The number of benzene rings is 3. The molecule has 0 aromatic heterocycles. The van der Waals surface area contributed by atoms with Crippen molar-refractivity contribution in [3.8, 4) is 0 Å². The lowest BCUT2D eigenvalue weighted by molar-refractivity contribution is 0.146. The van der Waals surface area contributed by atoms with E-state index in [1.54, 1.807) is 0 Å². The van der Waals surface area contributed by atoms with Gasteiger partial charge >= 0.3 is 0 Å². The fraction of sp³-hybridized carbons (Fsp3) is 0.158. The maximum Gasteiger partial charge on any atom is 0.126 e. The molecule has 0 fully saturated rings. The average Bonchev–Trinajstić information content (AvgIpc) is 2.54. The van der Waals surface area contributed by atoms with Gasteiger partial charge in [0.15, 0.2) is 0 Å². The van der Waals surface area contributed by atoms with Crippen LogP contribution in [0.4, 0.5) is 8.78 Å². The summed E-state index contributed by atoms with van der Waals surface area (Å²) in [6, 6.07) is 16.7. The van der Waals surface area contributed by atoms with E-state index in [2.05, 4.69) is 0 Å². The van der Waals surface area contributed by atoms with Crippen LogP contribution in [-0.4, -0.2) is 11.7 Å². The Morgan fingerprint density at radius 3 is 2.13 bits per heavy atom. The van der Waals surface area contributed by atoms with Crippen LogP contribution in [0.3, 0.4) is 0 Å². The van der Waals surface area contributed by atoms with E-state index in [0.29, 0.717) is 0 Å². The van der Waals surface area contributed by atoms with E-state index in [9.17, 15) is 13.9 Å². The molecule has 2 atom stereocenters. The number of hydrogen-bond donors (Lipinski definition) is 2. The highest BCUT2D eigenvalue weighted by atomic mass is 19.1. The molecular weight excluding hydrogens is 296 g/mol. The van der Waals surface area contributed by atoms with Gasteiger partial charge in [0.05, 0.1) is 6.10 Å². The third-order valence-electron chi connectivity index (χ3n) is 4.06. The largest absolute Gasteiger partial charge is 0.388 e. The maximum atomic E-state index is 13.4. The molecule has 0 radical (unpaired) electrons. The number of fused-ring (bicyclic) bond motifs is 1. The molecular formula is C19H17F2NO. The highest BCUT2D eigenvalue weighted by Crippen LogP contribution is 2.32. The summed E-state index contributed by atoms with van der Waals surface area (Å²) in [5.41, 5.74) is 6.84. The van der Waals surface area contributed by atoms with Crippen molar-refractivity contribution in [3.63, 3.8) is 0 Å². The fourth-order valence-electron chi connectivity index (χ4n) is 2.86. The summed E-state index contributed by atoms with van der Waals surface area (Å²) in [5.74, 6) is -1.87. The van der Waals surface area contributed by atoms with Crippen molar-refractivity contribution in [2.24, 2.45) is 5.73 Å². The molecule has 0 saturated heterocycles. The molecule has 0 heterocycles. The van der Waals surface area contributed by atoms with Gasteiger partial charge in [0.1, 0.15) is 11.6 Å². The van der Waals surface area contributed by atoms with Crippen LogP contribution < -0.4 is 5.73 Å². The lowest BCUT2D eigenvalue weighted by Crippen LogP contribution is -2.20. The van der Waals surface area contributed by atoms with Crippen molar-refractivity contribution < 1.29 is 13.9 Å². The SMILES string of the molecule is NCC(c1ccc2ccccc2c1)C(O)c1cc(F)cc(F)c1. The molecule has 2 unspecified atom stereocenters. The van der Waals surface area contributed by atoms with Gasteiger partial charge in [-0.15, -0.1) is 0 Å². The Morgan fingerprint density at radius 1 is 0.826 bits per heavy atom. The van der Waals surface area contributed by atoms with Crippen LogP contribution >= 0.6 is 0 Å². The van der Waals surface area contributed by atoms with Gasteiger partial charge < -0.3 is 10.8 Å². The van der Waals surface area contributed by atoms with Crippen LogP contribution in [0.15, 0.2) is 60.7 Å². The Balaban J connectivity index is 1.99. The topological polar surface area (TPSA) is 46.2 Å². The predicted molar refractivity (Wildman–Crippen MR) is 87.1 cm³/mol. The molecule has 3 aromatic rings. The van der Waals surface area contributed by atoms with Crippen molar-refractivity contribution in [1.29, 1.82) is 0 Å². The van der Waals surface area contributed by atoms with Gasteiger partial charge in [-0.3, -0.25) is 0 Å². The Bertz CT molecular complexity index is 814. The second-order valence-electron chi connectivity index (χ2n) is 5.60. The van der Waals surface area contributed by atoms with Gasteiger partial charge in [-0.2, -0.15) is 0 Å². The third kappa shape index (κ3) is 3.23. The van der Waals surface area contributed by atoms with Gasteiger partial charge in [0.25, 0.3) is 0 Å². The first-order valence-electron chi connectivity index (χ1n) is 7.41. The Morgan fingerprint density at radius 2 is 1.48 bits per heavy atom. The minimum Gasteiger partial charge on any atom is -0.388 e. The van der Waals surface area contributed by atoms with Crippen molar-refractivity contribution in [1.82, 2.24) is 0 Å². The second-order valence-corrected chi connectivity index (χ2v) is 5.60. The molecule has 3 rings (SSSR count). The predicted octanol–water partition coefficient (Wildman–Crippen LogP) is 3.89. The van der Waals surface area contributed by atoms with Crippen LogP contribution in [0.2, 0.25) is 0 Å². The molecule has 4 heteroatoms. The molecule has 23 heavy (non-hydrogen) atoms. The molecule has 0 saturated carbocycles. The van der Waals surface area contributed by atoms with Crippen molar-refractivity contribution in [2.45, 2.75) is 12.0 Å². The molecule has 3 aromatic carbocycles. The Labute approximate surface area is 133 Å². The lowest BCUT2D eigenvalue weighted by Gasteiger charge is -2.23. The second kappa shape index (κ2) is 6.44. The summed E-state index contributed by atoms with van der Waals surface area (Å²) in [7, 11) is 0. The smallest absolute Gasteiger partial charge is 0.126 e. The van der Waals surface area contributed by atoms with Crippen LogP contribution in [-0.2, 0) is 0 Å². The lowest BCUT2D eigenvalue weighted by atomic mass is 9.88. The van der Waals surface area contributed by atoms with E-state index < -0.39 is 23.7 Å². The van der Waals surface area contributed by atoms with Gasteiger partial charge in [0, 0.05) is 18.5 Å². The van der Waals surface area contributed by atoms with E-state index in [1.807, 2.05) is 42.5 Å². The number of nitrogens with two attached hydrogens (primary N) is 1. The van der Waals surface area contributed by atoms with Crippen LogP contribution in [0.1, 0.15) is 23.1 Å². The van der Waals surface area contributed by atoms with E-state index >= 15 is 0 Å². The summed E-state index contributed by atoms with van der Waals surface area (Å²) in [6.45, 7) is 0.164. The van der Waals surface area contributed by atoms with E-state index in [1.165, 1.54) is 0 Å². The molecule has 0 aliphatic heterocycles. The molecule has 0 aliphatic carbocycles. The number of aliphatic hydroxyl groups is 1. The zero-order valence-electron chi connectivity index (χ0n) is 12.4. The number of rotatable bonds is 4. The minimum absolute atomic E-state index is 0.164. The Hall–Kier alpha value is -2.30. The normalized spacial score (nSPS) is 13.9. The number of halogens is 2. The molecule has 3 N–H and O–H groups in total. The summed E-state index contributed by atoms with van der Waals surface area (Å²) in [5, 5.41) is 12.7. The minimum atomic E-state index is -1.08. The van der Waals surface area contributed by atoms with E-state index in [0.717, 1.165) is 34.5 Å². The van der Waals surface area contributed by atoms with Crippen LogP contribution in [0.5, 0.6) is 0 Å². The first-order chi connectivity index (χ1) is 11.1. The molecule has 0 bridgehead atoms. The van der Waals surface area contributed by atoms with Gasteiger partial charge in [-0.05, 0) is 34.0 Å². The van der Waals surface area contributed by atoms with Crippen molar-refractivity contribution in [2.75, 3.05) is 6.54 Å². The number of aliphatic hydroxyl groups excluding tert-OH is 1. The quantitative estimate of drug-likeness (QED) is 0.767. The van der Waals surface area contributed by atoms with Crippen molar-refractivity contribution >= 4 is 10.8 Å².